The fourth-order valence-corrected chi connectivity index (χ4v) is 3.82. The van der Waals surface area contributed by atoms with Crippen LogP contribution in [0.1, 0.15) is 57.3 Å². The van der Waals surface area contributed by atoms with Crippen LogP contribution in [0.25, 0.3) is 0 Å². The lowest BCUT2D eigenvalue weighted by Crippen LogP contribution is -2.62. The SMILES string of the molecule is C[C@H](C1CC1)C1(c2cccc(C(F)F)n2)N=C(N)NC(=N[C@H](C)C2CC2)N1. The molecule has 1 aromatic rings. The van der Waals surface area contributed by atoms with Gasteiger partial charge in [-0.05, 0) is 56.6 Å². The number of hydrogen-bond acceptors (Lipinski definition) is 4. The van der Waals surface area contributed by atoms with Gasteiger partial charge in [-0.15, -0.1) is 0 Å². The van der Waals surface area contributed by atoms with E-state index in [-0.39, 0.29) is 23.6 Å². The van der Waals surface area contributed by atoms with Crippen LogP contribution in [0.5, 0.6) is 0 Å². The molecule has 0 bridgehead atoms. The number of guanidine groups is 2. The molecule has 6 nitrogen and oxygen atoms in total. The lowest BCUT2D eigenvalue weighted by molar-refractivity contribution is 0.144. The number of halogens is 2. The standard InChI is InChI=1S/C19H26F2N6/c1-10(12-6-7-12)19(15-5-3-4-14(24-15)16(20)21)26-17(22)25-18(27-19)23-11(2)13-8-9-13/h3-5,10-13,16H,6-9H2,1-2H3,(H4,22,23,25,26,27)/t10-,11-,19?/m1/s1. The molecule has 1 aromatic heterocycles. The Bertz CT molecular complexity index is 771. The van der Waals surface area contributed by atoms with Crippen molar-refractivity contribution in [1.29, 1.82) is 0 Å². The van der Waals surface area contributed by atoms with Gasteiger partial charge in [-0.25, -0.2) is 23.7 Å². The number of aromatic nitrogens is 1. The summed E-state index contributed by atoms with van der Waals surface area (Å²) in [6.45, 7) is 4.16. The molecule has 0 radical (unpaired) electrons. The minimum Gasteiger partial charge on any atom is -0.370 e. The van der Waals surface area contributed by atoms with Crippen LogP contribution in [-0.2, 0) is 5.66 Å². The van der Waals surface area contributed by atoms with Gasteiger partial charge in [0.25, 0.3) is 6.43 Å². The molecule has 8 heteroatoms. The summed E-state index contributed by atoms with van der Waals surface area (Å²) in [7, 11) is 0. The smallest absolute Gasteiger partial charge is 0.280 e. The molecule has 0 saturated heterocycles. The molecule has 4 N–H and O–H groups in total. The van der Waals surface area contributed by atoms with Crippen LogP contribution < -0.4 is 16.4 Å². The average Bonchev–Trinajstić information content (AvgIpc) is 3.53. The Hall–Kier alpha value is -2.25. The minimum atomic E-state index is -2.63. The summed E-state index contributed by atoms with van der Waals surface area (Å²) in [6, 6.07) is 4.84. The van der Waals surface area contributed by atoms with E-state index in [0.29, 0.717) is 23.5 Å². The summed E-state index contributed by atoms with van der Waals surface area (Å²) in [5, 5.41) is 6.38. The topological polar surface area (TPSA) is 87.7 Å². The van der Waals surface area contributed by atoms with Crippen LogP contribution in [0.4, 0.5) is 8.78 Å². The maximum atomic E-state index is 13.3. The quantitative estimate of drug-likeness (QED) is 0.712. The van der Waals surface area contributed by atoms with Gasteiger partial charge in [-0.2, -0.15) is 0 Å². The van der Waals surface area contributed by atoms with E-state index in [1.807, 2.05) is 0 Å². The summed E-state index contributed by atoms with van der Waals surface area (Å²) in [4.78, 5) is 13.6. The van der Waals surface area contributed by atoms with Crippen molar-refractivity contribution in [2.75, 3.05) is 0 Å². The molecule has 2 aliphatic carbocycles. The molecule has 3 aliphatic rings. The Morgan fingerprint density at radius 3 is 2.52 bits per heavy atom. The second kappa shape index (κ2) is 6.73. The third-order valence-corrected chi connectivity index (χ3v) is 5.86. The zero-order chi connectivity index (χ0) is 19.2. The molecular weight excluding hydrogens is 350 g/mol. The van der Waals surface area contributed by atoms with E-state index in [1.54, 1.807) is 12.1 Å². The lowest BCUT2D eigenvalue weighted by atomic mass is 9.86. The molecule has 27 heavy (non-hydrogen) atoms. The molecule has 146 valence electrons. The molecule has 0 spiro atoms. The Kier molecular flexibility index (Phi) is 4.52. The number of pyridine rings is 1. The number of nitrogens with two attached hydrogens (primary N) is 1. The van der Waals surface area contributed by atoms with Gasteiger partial charge in [0, 0.05) is 5.92 Å². The third kappa shape index (κ3) is 3.61. The van der Waals surface area contributed by atoms with Crippen LogP contribution in [0, 0.1) is 17.8 Å². The van der Waals surface area contributed by atoms with Crippen LogP contribution >= 0.6 is 0 Å². The first-order valence-corrected chi connectivity index (χ1v) is 9.63. The Morgan fingerprint density at radius 1 is 1.19 bits per heavy atom. The normalized spacial score (nSPS) is 29.1. The van der Waals surface area contributed by atoms with Crippen LogP contribution in [0.15, 0.2) is 28.2 Å². The van der Waals surface area contributed by atoms with Crippen molar-refractivity contribution in [3.05, 3.63) is 29.6 Å². The van der Waals surface area contributed by atoms with Crippen molar-refractivity contribution in [1.82, 2.24) is 15.6 Å². The van der Waals surface area contributed by atoms with E-state index in [1.165, 1.54) is 18.9 Å². The Morgan fingerprint density at radius 2 is 1.89 bits per heavy atom. The average molecular weight is 376 g/mol. The number of nitrogens with zero attached hydrogens (tertiary/aromatic N) is 3. The van der Waals surface area contributed by atoms with Gasteiger partial charge in [0.1, 0.15) is 5.69 Å². The maximum absolute atomic E-state index is 13.3. The predicted molar refractivity (Wildman–Crippen MR) is 100 cm³/mol. The van der Waals surface area contributed by atoms with Gasteiger partial charge >= 0.3 is 0 Å². The largest absolute Gasteiger partial charge is 0.370 e. The number of hydrogen-bond donors (Lipinski definition) is 3. The van der Waals surface area contributed by atoms with Gasteiger partial charge in [0.05, 0.1) is 11.7 Å². The molecule has 4 rings (SSSR count). The first-order chi connectivity index (χ1) is 12.9. The highest BCUT2D eigenvalue weighted by Crippen LogP contribution is 2.46. The zero-order valence-corrected chi connectivity index (χ0v) is 15.6. The summed E-state index contributed by atoms with van der Waals surface area (Å²) in [6.07, 6.45) is 1.91. The molecule has 2 fully saturated rings. The summed E-state index contributed by atoms with van der Waals surface area (Å²) < 4.78 is 26.5. The van der Waals surface area contributed by atoms with Crippen molar-refractivity contribution in [3.8, 4) is 0 Å². The molecular formula is C19H26F2N6. The maximum Gasteiger partial charge on any atom is 0.280 e. The first-order valence-electron chi connectivity index (χ1n) is 9.63. The molecule has 1 aliphatic heterocycles. The second-order valence-corrected chi connectivity index (χ2v) is 7.94. The number of aliphatic imine (C=N–C) groups is 2. The highest BCUT2D eigenvalue weighted by Gasteiger charge is 2.49. The van der Waals surface area contributed by atoms with Gasteiger partial charge < -0.3 is 11.1 Å². The number of rotatable bonds is 6. The minimum absolute atomic E-state index is 0.0417. The number of alkyl halides is 2. The second-order valence-electron chi connectivity index (χ2n) is 7.94. The highest BCUT2D eigenvalue weighted by molar-refractivity contribution is 6.00. The van der Waals surface area contributed by atoms with E-state index in [2.05, 4.69) is 34.5 Å². The van der Waals surface area contributed by atoms with Crippen molar-refractivity contribution >= 4 is 11.9 Å². The van der Waals surface area contributed by atoms with Crippen molar-refractivity contribution in [3.63, 3.8) is 0 Å². The van der Waals surface area contributed by atoms with E-state index in [9.17, 15) is 8.78 Å². The number of nitrogens with one attached hydrogen (secondary N) is 2. The van der Waals surface area contributed by atoms with Crippen molar-refractivity contribution in [2.24, 2.45) is 33.5 Å². The van der Waals surface area contributed by atoms with Crippen molar-refractivity contribution < 1.29 is 8.78 Å². The third-order valence-electron chi connectivity index (χ3n) is 5.86. The van der Waals surface area contributed by atoms with Crippen LogP contribution in [0.3, 0.4) is 0 Å². The molecule has 2 heterocycles. The van der Waals surface area contributed by atoms with Gasteiger partial charge in [0.2, 0.25) is 5.96 Å². The monoisotopic (exact) mass is 376 g/mol. The fourth-order valence-electron chi connectivity index (χ4n) is 3.82. The van der Waals surface area contributed by atoms with E-state index >= 15 is 0 Å². The predicted octanol–water partition coefficient (Wildman–Crippen LogP) is 2.88. The summed E-state index contributed by atoms with van der Waals surface area (Å²) in [5.74, 6) is 1.86. The van der Waals surface area contributed by atoms with E-state index in [4.69, 9.17) is 10.7 Å². The van der Waals surface area contributed by atoms with E-state index < -0.39 is 12.1 Å². The molecule has 1 unspecified atom stereocenters. The fraction of sp³-hybridized carbons (Fsp3) is 0.632. The van der Waals surface area contributed by atoms with Crippen molar-refractivity contribution in [2.45, 2.75) is 57.7 Å². The molecule has 2 saturated carbocycles. The van der Waals surface area contributed by atoms with Gasteiger partial charge in [-0.3, -0.25) is 5.32 Å². The summed E-state index contributed by atoms with van der Waals surface area (Å²) >= 11 is 0. The molecule has 0 aromatic carbocycles. The lowest BCUT2D eigenvalue weighted by Gasteiger charge is -2.40. The van der Waals surface area contributed by atoms with Gasteiger partial charge in [0.15, 0.2) is 11.6 Å². The Labute approximate surface area is 157 Å². The zero-order valence-electron chi connectivity index (χ0n) is 15.6. The Balaban J connectivity index is 1.76. The molecule has 3 atom stereocenters. The van der Waals surface area contributed by atoms with Crippen LogP contribution in [-0.4, -0.2) is 22.9 Å². The van der Waals surface area contributed by atoms with Gasteiger partial charge in [-0.1, -0.05) is 13.0 Å². The van der Waals surface area contributed by atoms with E-state index in [0.717, 1.165) is 12.8 Å². The molecule has 0 amide bonds. The highest BCUT2D eigenvalue weighted by atomic mass is 19.3. The first kappa shape index (κ1) is 18.1. The summed E-state index contributed by atoms with van der Waals surface area (Å²) in [5.41, 5.74) is 5.31. The van der Waals surface area contributed by atoms with Crippen LogP contribution in [0.2, 0.25) is 0 Å².